The van der Waals surface area contributed by atoms with Crippen molar-refractivity contribution in [3.63, 3.8) is 0 Å². The molecule has 1 unspecified atom stereocenters. The van der Waals surface area contributed by atoms with E-state index >= 15 is 0 Å². The molecule has 0 saturated carbocycles. The van der Waals surface area contributed by atoms with E-state index in [1.807, 2.05) is 44.2 Å². The maximum Gasteiger partial charge on any atom is 0.302 e. The summed E-state index contributed by atoms with van der Waals surface area (Å²) < 4.78 is 22.5. The van der Waals surface area contributed by atoms with Gasteiger partial charge in [-0.3, -0.25) is 9.59 Å². The highest BCUT2D eigenvalue weighted by Crippen LogP contribution is 2.30. The van der Waals surface area contributed by atoms with Crippen LogP contribution in [0.2, 0.25) is 10.0 Å². The quantitative estimate of drug-likeness (QED) is 0.254. The summed E-state index contributed by atoms with van der Waals surface area (Å²) in [6, 6.07) is 11.3. The summed E-state index contributed by atoms with van der Waals surface area (Å²) in [7, 11) is 0. The van der Waals surface area contributed by atoms with Crippen molar-refractivity contribution in [2.24, 2.45) is 0 Å². The molecule has 1 aliphatic rings. The standard InChI is InChI=1S/C30H39Cl2NO6/c1-21(2)39-25-8-6-7-23(19-25)20-28(35)33(15-18-36-22(3)34)14-12-24-10-11-27(31)30(32)26(24)13-17-38-29-9-4-5-16-37-29/h6-8,10-11,19,21,29H,4-5,9,12-18,20H2,1-3H3. The molecule has 1 fully saturated rings. The molecule has 0 bridgehead atoms. The number of ether oxygens (including phenoxy) is 4. The predicted molar refractivity (Wildman–Crippen MR) is 153 cm³/mol. The van der Waals surface area contributed by atoms with E-state index in [9.17, 15) is 9.59 Å². The molecule has 1 amide bonds. The summed E-state index contributed by atoms with van der Waals surface area (Å²) in [5, 5.41) is 0.984. The van der Waals surface area contributed by atoms with Gasteiger partial charge < -0.3 is 23.8 Å². The van der Waals surface area contributed by atoms with Crippen LogP contribution < -0.4 is 4.74 Å². The van der Waals surface area contributed by atoms with Crippen LogP contribution in [0.4, 0.5) is 0 Å². The van der Waals surface area contributed by atoms with E-state index in [4.69, 9.17) is 42.1 Å². The zero-order chi connectivity index (χ0) is 28.2. The third-order valence-electron chi connectivity index (χ3n) is 6.38. The van der Waals surface area contributed by atoms with Gasteiger partial charge in [-0.15, -0.1) is 0 Å². The SMILES string of the molecule is CC(=O)OCCN(CCc1ccc(Cl)c(Cl)c1CCOC1CCCCO1)C(=O)Cc1cccc(OC(C)C)c1. The predicted octanol–water partition coefficient (Wildman–Crippen LogP) is 6.04. The number of carbonyl (C=O) groups is 2. The van der Waals surface area contributed by atoms with Gasteiger partial charge in [-0.1, -0.05) is 41.4 Å². The number of carbonyl (C=O) groups excluding carboxylic acids is 2. The summed E-state index contributed by atoms with van der Waals surface area (Å²) >= 11 is 12.9. The van der Waals surface area contributed by atoms with Crippen LogP contribution in [0, 0.1) is 0 Å². The highest BCUT2D eigenvalue weighted by molar-refractivity contribution is 6.42. The van der Waals surface area contributed by atoms with Crippen molar-refractivity contribution in [3.8, 4) is 5.75 Å². The first-order chi connectivity index (χ1) is 18.7. The van der Waals surface area contributed by atoms with Crippen LogP contribution in [0.5, 0.6) is 5.75 Å². The Morgan fingerprint density at radius 2 is 1.90 bits per heavy atom. The summed E-state index contributed by atoms with van der Waals surface area (Å²) in [6.45, 7) is 7.31. The number of hydrogen-bond donors (Lipinski definition) is 0. The van der Waals surface area contributed by atoms with Crippen molar-refractivity contribution in [1.29, 1.82) is 0 Å². The number of nitrogens with zero attached hydrogens (tertiary/aromatic N) is 1. The normalized spacial score (nSPS) is 15.3. The molecule has 214 valence electrons. The number of hydrogen-bond acceptors (Lipinski definition) is 6. The van der Waals surface area contributed by atoms with Gasteiger partial charge in [0.05, 0.1) is 35.7 Å². The van der Waals surface area contributed by atoms with E-state index in [-0.39, 0.29) is 37.3 Å². The number of amides is 1. The van der Waals surface area contributed by atoms with Crippen molar-refractivity contribution in [2.45, 2.75) is 71.7 Å². The van der Waals surface area contributed by atoms with Crippen LogP contribution in [-0.4, -0.2) is 62.1 Å². The topological polar surface area (TPSA) is 74.3 Å². The lowest BCUT2D eigenvalue weighted by molar-refractivity contribution is -0.161. The van der Waals surface area contributed by atoms with Crippen LogP contribution in [0.3, 0.4) is 0 Å². The van der Waals surface area contributed by atoms with Gasteiger partial charge >= 0.3 is 5.97 Å². The fourth-order valence-electron chi connectivity index (χ4n) is 4.48. The van der Waals surface area contributed by atoms with Gasteiger partial charge in [-0.05, 0) is 80.8 Å². The highest BCUT2D eigenvalue weighted by atomic mass is 35.5. The Kier molecular flexibility index (Phi) is 12.9. The van der Waals surface area contributed by atoms with Crippen molar-refractivity contribution in [2.75, 3.05) is 32.9 Å². The average molecular weight is 581 g/mol. The van der Waals surface area contributed by atoms with E-state index < -0.39 is 0 Å². The van der Waals surface area contributed by atoms with Gasteiger partial charge in [0.25, 0.3) is 0 Å². The molecule has 0 spiro atoms. The molecule has 1 atom stereocenters. The molecule has 1 heterocycles. The molecule has 2 aromatic carbocycles. The van der Waals surface area contributed by atoms with Gasteiger partial charge in [-0.25, -0.2) is 0 Å². The molecule has 1 saturated heterocycles. The number of halogens is 2. The second-order valence-electron chi connectivity index (χ2n) is 9.88. The second kappa shape index (κ2) is 16.1. The first kappa shape index (κ1) is 31.2. The first-order valence-corrected chi connectivity index (χ1v) is 14.3. The first-order valence-electron chi connectivity index (χ1n) is 13.6. The maximum absolute atomic E-state index is 13.4. The molecule has 1 aliphatic heterocycles. The van der Waals surface area contributed by atoms with Crippen LogP contribution in [-0.2, 0) is 43.1 Å². The van der Waals surface area contributed by atoms with Crippen molar-refractivity contribution < 1.29 is 28.5 Å². The number of esters is 1. The van der Waals surface area contributed by atoms with E-state index in [2.05, 4.69) is 0 Å². The highest BCUT2D eigenvalue weighted by Gasteiger charge is 2.19. The summed E-state index contributed by atoms with van der Waals surface area (Å²) in [5.74, 6) is 0.279. The lowest BCUT2D eigenvalue weighted by Crippen LogP contribution is -2.37. The molecule has 0 N–H and O–H groups in total. The number of benzene rings is 2. The molecule has 39 heavy (non-hydrogen) atoms. The third kappa shape index (κ3) is 10.6. The number of rotatable bonds is 14. The van der Waals surface area contributed by atoms with E-state index in [0.717, 1.165) is 48.3 Å². The molecule has 3 rings (SSSR count). The Balaban J connectivity index is 1.68. The Bertz CT molecular complexity index is 1090. The molecular weight excluding hydrogens is 541 g/mol. The Labute approximate surface area is 241 Å². The van der Waals surface area contributed by atoms with E-state index in [1.54, 1.807) is 11.0 Å². The van der Waals surface area contributed by atoms with E-state index in [0.29, 0.717) is 42.6 Å². The minimum Gasteiger partial charge on any atom is -0.491 e. The minimum absolute atomic E-state index is 0.0390. The van der Waals surface area contributed by atoms with Gasteiger partial charge in [0.1, 0.15) is 12.4 Å². The largest absolute Gasteiger partial charge is 0.491 e. The molecule has 9 heteroatoms. The summed E-state index contributed by atoms with van der Waals surface area (Å²) in [4.78, 5) is 26.4. The van der Waals surface area contributed by atoms with Crippen LogP contribution in [0.25, 0.3) is 0 Å². The molecular formula is C30H39Cl2NO6. The average Bonchev–Trinajstić information content (AvgIpc) is 2.89. The maximum atomic E-state index is 13.4. The van der Waals surface area contributed by atoms with Gasteiger partial charge in [0, 0.05) is 20.1 Å². The molecule has 0 aliphatic carbocycles. The molecule has 2 aromatic rings. The fourth-order valence-corrected chi connectivity index (χ4v) is 4.93. The van der Waals surface area contributed by atoms with Crippen LogP contribution in [0.1, 0.15) is 56.7 Å². The van der Waals surface area contributed by atoms with Crippen LogP contribution >= 0.6 is 23.2 Å². The molecule has 0 radical (unpaired) electrons. The van der Waals surface area contributed by atoms with Gasteiger partial charge in [0.15, 0.2) is 6.29 Å². The molecule has 7 nitrogen and oxygen atoms in total. The Morgan fingerprint density at radius 1 is 1.08 bits per heavy atom. The third-order valence-corrected chi connectivity index (χ3v) is 7.23. The lowest BCUT2D eigenvalue weighted by Gasteiger charge is -2.24. The minimum atomic E-state index is -0.380. The summed E-state index contributed by atoms with van der Waals surface area (Å²) in [5.41, 5.74) is 2.76. The second-order valence-corrected chi connectivity index (χ2v) is 10.7. The van der Waals surface area contributed by atoms with Gasteiger partial charge in [-0.2, -0.15) is 0 Å². The Hall–Kier alpha value is -2.32. The monoisotopic (exact) mass is 579 g/mol. The van der Waals surface area contributed by atoms with E-state index in [1.165, 1.54) is 6.92 Å². The van der Waals surface area contributed by atoms with Crippen molar-refractivity contribution >= 4 is 35.1 Å². The zero-order valence-electron chi connectivity index (χ0n) is 23.0. The Morgan fingerprint density at radius 3 is 2.62 bits per heavy atom. The summed E-state index contributed by atoms with van der Waals surface area (Å²) in [6.07, 6.45) is 4.26. The van der Waals surface area contributed by atoms with Crippen molar-refractivity contribution in [1.82, 2.24) is 4.90 Å². The smallest absolute Gasteiger partial charge is 0.302 e. The van der Waals surface area contributed by atoms with Crippen molar-refractivity contribution in [3.05, 3.63) is 63.1 Å². The van der Waals surface area contributed by atoms with Gasteiger partial charge in [0.2, 0.25) is 5.91 Å². The molecule has 0 aromatic heterocycles. The lowest BCUT2D eigenvalue weighted by atomic mass is 10.0. The fraction of sp³-hybridized carbons (Fsp3) is 0.533. The van der Waals surface area contributed by atoms with Crippen LogP contribution in [0.15, 0.2) is 36.4 Å². The zero-order valence-corrected chi connectivity index (χ0v) is 24.6.